The van der Waals surface area contributed by atoms with Gasteiger partial charge in [-0.15, -0.1) is 0 Å². The van der Waals surface area contributed by atoms with Crippen LogP contribution in [0.1, 0.15) is 35.3 Å². The second kappa shape index (κ2) is 10.5. The number of fused-ring (bicyclic) bond motifs is 1. The molecule has 0 aliphatic carbocycles. The van der Waals surface area contributed by atoms with Gasteiger partial charge in [0, 0.05) is 32.0 Å². The predicted octanol–water partition coefficient (Wildman–Crippen LogP) is 4.04. The fourth-order valence-electron chi connectivity index (χ4n) is 4.35. The molecule has 8 heteroatoms. The summed E-state index contributed by atoms with van der Waals surface area (Å²) in [6.45, 7) is 5.11. The normalized spacial score (nSPS) is 12.8. The minimum Gasteiger partial charge on any atom is -0.378 e. The summed E-state index contributed by atoms with van der Waals surface area (Å²) in [5.41, 5.74) is 2.89. The second-order valence-electron chi connectivity index (χ2n) is 10.2. The highest BCUT2D eigenvalue weighted by Crippen LogP contribution is 2.29. The smallest absolute Gasteiger partial charge is 0.299 e. The Bertz CT molecular complexity index is 1380. The van der Waals surface area contributed by atoms with Crippen molar-refractivity contribution in [2.45, 2.75) is 32.9 Å². The monoisotopic (exact) mass is 512 g/mol. The third-order valence-corrected chi connectivity index (χ3v) is 6.81. The Hall–Kier alpha value is -4.46. The second-order valence-corrected chi connectivity index (χ2v) is 10.2. The van der Waals surface area contributed by atoms with Gasteiger partial charge in [-0.2, -0.15) is 0 Å². The first-order chi connectivity index (χ1) is 18.0. The molecule has 3 aromatic carbocycles. The third-order valence-electron chi connectivity index (χ3n) is 6.81. The Balaban J connectivity index is 1.62. The Morgan fingerprint density at radius 3 is 2.16 bits per heavy atom. The highest BCUT2D eigenvalue weighted by Gasteiger charge is 2.42. The first-order valence-corrected chi connectivity index (χ1v) is 12.4. The van der Waals surface area contributed by atoms with Crippen LogP contribution in [-0.2, 0) is 20.9 Å². The maximum atomic E-state index is 13.8. The zero-order valence-electron chi connectivity index (χ0n) is 22.3. The summed E-state index contributed by atoms with van der Waals surface area (Å²) in [7, 11) is 3.87. The summed E-state index contributed by atoms with van der Waals surface area (Å²) in [6, 6.07) is 21.7. The summed E-state index contributed by atoms with van der Waals surface area (Å²) < 4.78 is 0. The number of carbonyl (C=O) groups excluding carboxylic acids is 4. The molecular formula is C30H32N4O4. The highest BCUT2D eigenvalue weighted by molar-refractivity contribution is 6.52. The van der Waals surface area contributed by atoms with Crippen molar-refractivity contribution in [2.75, 3.05) is 35.8 Å². The predicted molar refractivity (Wildman–Crippen MR) is 148 cm³/mol. The largest absolute Gasteiger partial charge is 0.378 e. The molecule has 0 atom stereocenters. The molecule has 196 valence electrons. The molecule has 0 fully saturated rings. The van der Waals surface area contributed by atoms with Crippen LogP contribution >= 0.6 is 0 Å². The minimum absolute atomic E-state index is 0.150. The number of amides is 3. The van der Waals surface area contributed by atoms with E-state index >= 15 is 0 Å². The van der Waals surface area contributed by atoms with Crippen LogP contribution < -0.4 is 15.1 Å². The van der Waals surface area contributed by atoms with Crippen molar-refractivity contribution in [3.8, 4) is 0 Å². The maximum absolute atomic E-state index is 13.8. The zero-order valence-corrected chi connectivity index (χ0v) is 22.3. The first-order valence-electron chi connectivity index (χ1n) is 12.4. The lowest BCUT2D eigenvalue weighted by molar-refractivity contribution is -0.143. The lowest BCUT2D eigenvalue weighted by Crippen LogP contribution is -2.57. The van der Waals surface area contributed by atoms with Crippen LogP contribution in [0.15, 0.2) is 72.8 Å². The van der Waals surface area contributed by atoms with E-state index in [0.717, 1.165) is 16.8 Å². The van der Waals surface area contributed by atoms with E-state index in [1.165, 1.54) is 9.80 Å². The molecule has 1 heterocycles. The SMILES string of the molecule is Cc1ccc(CN(C(=O)CN2C(=O)C(=O)c3ccccc32)C(C)(C)C(=O)Nc2ccc(N(C)C)cc2)cc1. The summed E-state index contributed by atoms with van der Waals surface area (Å²) in [5.74, 6) is -2.22. The molecule has 1 aliphatic rings. The number of ketones is 1. The zero-order chi connectivity index (χ0) is 27.6. The number of Topliss-reactive ketones (excluding diaryl/α,β-unsaturated/α-hetero) is 1. The number of benzene rings is 3. The van der Waals surface area contributed by atoms with Crippen molar-refractivity contribution >= 4 is 40.6 Å². The number of anilines is 3. The van der Waals surface area contributed by atoms with Crippen LogP contribution in [0.25, 0.3) is 0 Å². The van der Waals surface area contributed by atoms with E-state index in [1.807, 2.05) is 62.3 Å². The molecule has 1 N–H and O–H groups in total. The van der Waals surface area contributed by atoms with Crippen LogP contribution in [0.3, 0.4) is 0 Å². The molecule has 1 aliphatic heterocycles. The Kier molecular flexibility index (Phi) is 7.35. The van der Waals surface area contributed by atoms with E-state index in [9.17, 15) is 19.2 Å². The van der Waals surface area contributed by atoms with Gasteiger partial charge in [0.15, 0.2) is 0 Å². The van der Waals surface area contributed by atoms with Crippen LogP contribution in [0, 0.1) is 6.92 Å². The average molecular weight is 513 g/mol. The van der Waals surface area contributed by atoms with Crippen molar-refractivity contribution in [1.29, 1.82) is 0 Å². The van der Waals surface area contributed by atoms with E-state index < -0.39 is 23.1 Å². The lowest BCUT2D eigenvalue weighted by Gasteiger charge is -2.38. The Labute approximate surface area is 222 Å². The molecule has 0 spiro atoms. The number of rotatable bonds is 8. The van der Waals surface area contributed by atoms with E-state index in [2.05, 4.69) is 5.32 Å². The van der Waals surface area contributed by atoms with Gasteiger partial charge >= 0.3 is 0 Å². The van der Waals surface area contributed by atoms with Crippen LogP contribution in [0.5, 0.6) is 0 Å². The number of para-hydroxylation sites is 1. The molecule has 3 amide bonds. The average Bonchev–Trinajstić information content (AvgIpc) is 3.13. The standard InChI is InChI=1S/C30H32N4O4/c1-20-10-12-21(13-11-20)18-34(26(35)19-33-25-9-7-6-8-24(25)27(36)28(33)37)30(2,3)29(38)31-22-14-16-23(17-15-22)32(4)5/h6-17H,18-19H2,1-5H3,(H,31,38). The van der Waals surface area contributed by atoms with Gasteiger partial charge in [0.1, 0.15) is 12.1 Å². The number of aryl methyl sites for hydroxylation is 1. The molecule has 0 saturated carbocycles. The first kappa shape index (κ1) is 26.6. The molecule has 38 heavy (non-hydrogen) atoms. The molecule has 0 unspecified atom stereocenters. The number of nitrogens with zero attached hydrogens (tertiary/aromatic N) is 3. The van der Waals surface area contributed by atoms with E-state index in [1.54, 1.807) is 50.2 Å². The molecule has 8 nitrogen and oxygen atoms in total. The third kappa shape index (κ3) is 5.29. The molecule has 0 radical (unpaired) electrons. The number of hydrogen-bond acceptors (Lipinski definition) is 5. The Morgan fingerprint density at radius 1 is 0.895 bits per heavy atom. The number of carbonyl (C=O) groups is 4. The number of hydrogen-bond donors (Lipinski definition) is 1. The van der Waals surface area contributed by atoms with Gasteiger partial charge < -0.3 is 15.1 Å². The molecule has 0 bridgehead atoms. The summed E-state index contributed by atoms with van der Waals surface area (Å²) in [5, 5.41) is 2.92. The minimum atomic E-state index is -1.28. The van der Waals surface area contributed by atoms with Gasteiger partial charge in [-0.25, -0.2) is 0 Å². The molecule has 0 aromatic heterocycles. The maximum Gasteiger partial charge on any atom is 0.299 e. The number of nitrogens with one attached hydrogen (secondary N) is 1. The van der Waals surface area contributed by atoms with Crippen LogP contribution in [0.2, 0.25) is 0 Å². The van der Waals surface area contributed by atoms with Gasteiger partial charge in [0.25, 0.3) is 11.7 Å². The fourth-order valence-corrected chi connectivity index (χ4v) is 4.35. The Morgan fingerprint density at radius 2 is 1.53 bits per heavy atom. The molecular weight excluding hydrogens is 480 g/mol. The van der Waals surface area contributed by atoms with Gasteiger partial charge in [0.05, 0.1) is 11.3 Å². The topological polar surface area (TPSA) is 90.0 Å². The quantitative estimate of drug-likeness (QED) is 0.460. The van der Waals surface area contributed by atoms with E-state index in [4.69, 9.17) is 0 Å². The van der Waals surface area contributed by atoms with Crippen LogP contribution in [0.4, 0.5) is 17.1 Å². The molecule has 3 aromatic rings. The summed E-state index contributed by atoms with van der Waals surface area (Å²) >= 11 is 0. The van der Waals surface area contributed by atoms with Crippen molar-refractivity contribution in [2.24, 2.45) is 0 Å². The van der Waals surface area contributed by atoms with Crippen molar-refractivity contribution < 1.29 is 19.2 Å². The van der Waals surface area contributed by atoms with E-state index in [-0.39, 0.29) is 24.6 Å². The van der Waals surface area contributed by atoms with Crippen molar-refractivity contribution in [1.82, 2.24) is 4.90 Å². The summed E-state index contributed by atoms with van der Waals surface area (Å²) in [4.78, 5) is 57.2. The van der Waals surface area contributed by atoms with Crippen LogP contribution in [-0.4, -0.2) is 54.6 Å². The molecule has 0 saturated heterocycles. The van der Waals surface area contributed by atoms with Gasteiger partial charge in [0.2, 0.25) is 11.8 Å². The lowest BCUT2D eigenvalue weighted by atomic mass is 9.99. The fraction of sp³-hybridized carbons (Fsp3) is 0.267. The van der Waals surface area contributed by atoms with Gasteiger partial charge in [-0.3, -0.25) is 24.1 Å². The highest BCUT2D eigenvalue weighted by atomic mass is 16.2. The molecule has 4 rings (SSSR count). The van der Waals surface area contributed by atoms with Gasteiger partial charge in [-0.1, -0.05) is 42.0 Å². The van der Waals surface area contributed by atoms with E-state index in [0.29, 0.717) is 11.4 Å². The van der Waals surface area contributed by atoms with Gasteiger partial charge in [-0.05, 0) is 62.7 Å². The van der Waals surface area contributed by atoms with Crippen molar-refractivity contribution in [3.63, 3.8) is 0 Å². The summed E-state index contributed by atoms with van der Waals surface area (Å²) in [6.07, 6.45) is 0. The van der Waals surface area contributed by atoms with Crippen molar-refractivity contribution in [3.05, 3.63) is 89.5 Å².